The number of rotatable bonds is 8. The van der Waals surface area contributed by atoms with Crippen LogP contribution in [0.15, 0.2) is 35.3 Å². The van der Waals surface area contributed by atoms with E-state index in [0.717, 1.165) is 38.6 Å². The Labute approximate surface area is 193 Å². The number of halogens is 1. The standard InChI is InChI=1S/C21H35N3O3S.HI/c1-5-22-20(23-12-14-28(25,26)21(2,3)4)24-13-11-19(15-24)17-27-16-18-9-7-6-8-10-18;/h6-10,19H,5,11-17H2,1-4H3,(H,22,23);1H. The van der Waals surface area contributed by atoms with E-state index in [4.69, 9.17) is 4.74 Å². The average molecular weight is 538 g/mol. The fourth-order valence-corrected chi connectivity index (χ4v) is 4.03. The topological polar surface area (TPSA) is 71.0 Å². The molecule has 1 aromatic carbocycles. The second kappa shape index (κ2) is 12.1. The second-order valence-electron chi connectivity index (χ2n) is 8.27. The summed E-state index contributed by atoms with van der Waals surface area (Å²) in [7, 11) is -3.15. The van der Waals surface area contributed by atoms with Crippen molar-refractivity contribution < 1.29 is 13.2 Å². The summed E-state index contributed by atoms with van der Waals surface area (Å²) in [5.74, 6) is 1.34. The van der Waals surface area contributed by atoms with Crippen LogP contribution in [0.1, 0.15) is 39.7 Å². The van der Waals surface area contributed by atoms with E-state index >= 15 is 0 Å². The molecule has 1 N–H and O–H groups in total. The lowest BCUT2D eigenvalue weighted by Crippen LogP contribution is -2.41. The van der Waals surface area contributed by atoms with Gasteiger partial charge in [0, 0.05) is 25.6 Å². The van der Waals surface area contributed by atoms with Crippen molar-refractivity contribution in [2.24, 2.45) is 10.9 Å². The summed E-state index contributed by atoms with van der Waals surface area (Å²) in [5.41, 5.74) is 1.19. The molecule has 0 saturated carbocycles. The lowest BCUT2D eigenvalue weighted by Gasteiger charge is -2.22. The zero-order chi connectivity index (χ0) is 20.6. The van der Waals surface area contributed by atoms with Crippen molar-refractivity contribution in [3.05, 3.63) is 35.9 Å². The number of guanidine groups is 1. The van der Waals surface area contributed by atoms with Crippen molar-refractivity contribution in [1.82, 2.24) is 10.2 Å². The summed E-state index contributed by atoms with van der Waals surface area (Å²) in [6, 6.07) is 10.2. The molecule has 166 valence electrons. The highest BCUT2D eigenvalue weighted by Gasteiger charge is 2.29. The van der Waals surface area contributed by atoms with Crippen LogP contribution in [0, 0.1) is 5.92 Å². The molecule has 0 bridgehead atoms. The van der Waals surface area contributed by atoms with Crippen molar-refractivity contribution in [3.8, 4) is 0 Å². The van der Waals surface area contributed by atoms with E-state index < -0.39 is 14.6 Å². The third kappa shape index (κ3) is 8.41. The predicted octanol–water partition coefficient (Wildman–Crippen LogP) is 3.32. The molecule has 1 heterocycles. The zero-order valence-corrected chi connectivity index (χ0v) is 21.2. The number of sulfone groups is 1. The molecule has 1 aliphatic heterocycles. The molecular weight excluding hydrogens is 501 g/mol. The van der Waals surface area contributed by atoms with Gasteiger partial charge in [0.15, 0.2) is 15.8 Å². The van der Waals surface area contributed by atoms with Gasteiger partial charge in [0.25, 0.3) is 0 Å². The highest BCUT2D eigenvalue weighted by Crippen LogP contribution is 2.18. The van der Waals surface area contributed by atoms with Gasteiger partial charge >= 0.3 is 0 Å². The molecule has 0 aliphatic carbocycles. The Bertz CT molecular complexity index is 733. The average Bonchev–Trinajstić information content (AvgIpc) is 3.09. The van der Waals surface area contributed by atoms with Gasteiger partial charge in [-0.15, -0.1) is 24.0 Å². The van der Waals surface area contributed by atoms with Crippen LogP contribution in [-0.4, -0.2) is 62.6 Å². The van der Waals surface area contributed by atoms with E-state index in [1.165, 1.54) is 5.56 Å². The molecule has 1 saturated heterocycles. The zero-order valence-electron chi connectivity index (χ0n) is 18.1. The van der Waals surface area contributed by atoms with Gasteiger partial charge in [-0.05, 0) is 39.7 Å². The lowest BCUT2D eigenvalue weighted by molar-refractivity contribution is 0.0907. The van der Waals surface area contributed by atoms with E-state index in [1.54, 1.807) is 20.8 Å². The van der Waals surface area contributed by atoms with E-state index in [2.05, 4.69) is 27.3 Å². The van der Waals surface area contributed by atoms with Gasteiger partial charge in [0.05, 0.1) is 30.3 Å². The van der Waals surface area contributed by atoms with E-state index in [-0.39, 0.29) is 36.3 Å². The largest absolute Gasteiger partial charge is 0.376 e. The van der Waals surface area contributed by atoms with Gasteiger partial charge in [0.1, 0.15) is 0 Å². The highest BCUT2D eigenvalue weighted by molar-refractivity contribution is 14.0. The molecule has 6 nitrogen and oxygen atoms in total. The first kappa shape index (κ1) is 26.2. The fraction of sp³-hybridized carbons (Fsp3) is 0.667. The van der Waals surface area contributed by atoms with Gasteiger partial charge in [-0.25, -0.2) is 8.42 Å². The molecule has 1 aliphatic rings. The number of nitrogens with zero attached hydrogens (tertiary/aromatic N) is 2. The number of hydrogen-bond acceptors (Lipinski definition) is 4. The first-order chi connectivity index (χ1) is 13.2. The molecule has 0 spiro atoms. The molecule has 0 aromatic heterocycles. The maximum atomic E-state index is 12.3. The van der Waals surface area contributed by atoms with Gasteiger partial charge < -0.3 is 15.0 Å². The van der Waals surface area contributed by atoms with Crippen LogP contribution in [0.5, 0.6) is 0 Å². The van der Waals surface area contributed by atoms with Crippen molar-refractivity contribution in [2.45, 2.75) is 45.5 Å². The number of ether oxygens (including phenoxy) is 1. The van der Waals surface area contributed by atoms with Crippen LogP contribution < -0.4 is 5.32 Å². The first-order valence-corrected chi connectivity index (χ1v) is 11.8. The Hall–Kier alpha value is -0.870. The van der Waals surface area contributed by atoms with Crippen molar-refractivity contribution in [2.75, 3.05) is 38.5 Å². The summed E-state index contributed by atoms with van der Waals surface area (Å²) < 4.78 is 29.7. The lowest BCUT2D eigenvalue weighted by atomic mass is 10.1. The smallest absolute Gasteiger partial charge is 0.193 e. The monoisotopic (exact) mass is 537 g/mol. The summed E-state index contributed by atoms with van der Waals surface area (Å²) >= 11 is 0. The Morgan fingerprint density at radius 3 is 2.59 bits per heavy atom. The molecule has 29 heavy (non-hydrogen) atoms. The van der Waals surface area contributed by atoms with E-state index in [9.17, 15) is 8.42 Å². The normalized spacial score (nSPS) is 17.9. The molecule has 0 radical (unpaired) electrons. The molecule has 2 rings (SSSR count). The van der Waals surface area contributed by atoms with Crippen LogP contribution in [0.4, 0.5) is 0 Å². The van der Waals surface area contributed by atoms with Crippen molar-refractivity contribution >= 4 is 39.8 Å². The SMILES string of the molecule is CCNC(=NCCS(=O)(=O)C(C)(C)C)N1CCC(COCc2ccccc2)C1.I. The van der Waals surface area contributed by atoms with Gasteiger partial charge in [-0.1, -0.05) is 30.3 Å². The quantitative estimate of drug-likeness (QED) is 0.313. The summed E-state index contributed by atoms with van der Waals surface area (Å²) in [6.07, 6.45) is 1.06. The number of benzene rings is 1. The first-order valence-electron chi connectivity index (χ1n) is 10.1. The maximum absolute atomic E-state index is 12.3. The molecule has 1 unspecified atom stereocenters. The van der Waals surface area contributed by atoms with Crippen LogP contribution in [0.25, 0.3) is 0 Å². The van der Waals surface area contributed by atoms with Crippen molar-refractivity contribution in [1.29, 1.82) is 0 Å². The summed E-state index contributed by atoms with van der Waals surface area (Å²) in [5, 5.41) is 3.29. The van der Waals surface area contributed by atoms with Crippen LogP contribution in [-0.2, 0) is 21.2 Å². The molecule has 1 aromatic rings. The number of likely N-dealkylation sites (tertiary alicyclic amines) is 1. The van der Waals surface area contributed by atoms with Crippen LogP contribution in [0.2, 0.25) is 0 Å². The van der Waals surface area contributed by atoms with Gasteiger partial charge in [0.2, 0.25) is 0 Å². The minimum atomic E-state index is -3.15. The van der Waals surface area contributed by atoms with E-state index in [0.29, 0.717) is 12.5 Å². The molecule has 8 heteroatoms. The van der Waals surface area contributed by atoms with Crippen LogP contribution in [0.3, 0.4) is 0 Å². The predicted molar refractivity (Wildman–Crippen MR) is 131 cm³/mol. The summed E-state index contributed by atoms with van der Waals surface area (Å²) in [4.78, 5) is 6.78. The molecular formula is C21H36IN3O3S. The third-order valence-corrected chi connectivity index (χ3v) is 7.53. The van der Waals surface area contributed by atoms with Gasteiger partial charge in [-0.3, -0.25) is 4.99 Å². The third-order valence-electron chi connectivity index (χ3n) is 4.94. The Morgan fingerprint density at radius 1 is 1.28 bits per heavy atom. The minimum Gasteiger partial charge on any atom is -0.376 e. The number of hydrogen-bond donors (Lipinski definition) is 1. The summed E-state index contributed by atoms with van der Waals surface area (Å²) in [6.45, 7) is 11.4. The number of nitrogens with one attached hydrogen (secondary N) is 1. The minimum absolute atomic E-state index is 0. The Kier molecular flexibility index (Phi) is 10.9. The molecule has 1 atom stereocenters. The Balaban J connectivity index is 0.00000420. The molecule has 0 amide bonds. The fourth-order valence-electron chi connectivity index (χ4n) is 3.08. The highest BCUT2D eigenvalue weighted by atomic mass is 127. The Morgan fingerprint density at radius 2 is 1.97 bits per heavy atom. The van der Waals surface area contributed by atoms with Gasteiger partial charge in [-0.2, -0.15) is 0 Å². The van der Waals surface area contributed by atoms with Crippen LogP contribution >= 0.6 is 24.0 Å². The maximum Gasteiger partial charge on any atom is 0.193 e. The number of aliphatic imine (C=N–C) groups is 1. The van der Waals surface area contributed by atoms with E-state index in [1.807, 2.05) is 25.1 Å². The molecule has 1 fully saturated rings. The van der Waals surface area contributed by atoms with Crippen molar-refractivity contribution in [3.63, 3.8) is 0 Å². The second-order valence-corrected chi connectivity index (χ2v) is 11.1.